The van der Waals surface area contributed by atoms with Crippen LogP contribution in [0.3, 0.4) is 0 Å². The fourth-order valence-corrected chi connectivity index (χ4v) is 2.81. The molecule has 3 atom stereocenters. The van der Waals surface area contributed by atoms with Crippen LogP contribution in [0.4, 0.5) is 0 Å². The van der Waals surface area contributed by atoms with Gasteiger partial charge in [-0.05, 0) is 43.9 Å². The molecule has 0 spiro atoms. The highest BCUT2D eigenvalue weighted by atomic mass is 35.5. The van der Waals surface area contributed by atoms with Crippen LogP contribution in [0, 0.1) is 5.92 Å². The van der Waals surface area contributed by atoms with E-state index in [9.17, 15) is 4.79 Å². The molecule has 0 saturated heterocycles. The number of carbonyl (C=O) groups is 1. The van der Waals surface area contributed by atoms with E-state index in [4.69, 9.17) is 16.3 Å². The zero-order valence-corrected chi connectivity index (χ0v) is 12.8. The summed E-state index contributed by atoms with van der Waals surface area (Å²) in [5.74, 6) is 1.12. The van der Waals surface area contributed by atoms with Gasteiger partial charge in [-0.15, -0.1) is 0 Å². The van der Waals surface area contributed by atoms with Gasteiger partial charge in [0.1, 0.15) is 5.75 Å². The van der Waals surface area contributed by atoms with Crippen molar-refractivity contribution in [2.24, 2.45) is 5.92 Å². The molecule has 2 rings (SSSR count). The molecule has 1 saturated carbocycles. The van der Waals surface area contributed by atoms with Crippen molar-refractivity contribution in [2.75, 3.05) is 0 Å². The highest BCUT2D eigenvalue weighted by Crippen LogP contribution is 2.24. The first kappa shape index (κ1) is 15.2. The van der Waals surface area contributed by atoms with E-state index in [-0.39, 0.29) is 11.9 Å². The van der Waals surface area contributed by atoms with Crippen molar-refractivity contribution < 1.29 is 9.53 Å². The lowest BCUT2D eigenvalue weighted by Crippen LogP contribution is -2.46. The van der Waals surface area contributed by atoms with Crippen LogP contribution in [0.2, 0.25) is 5.02 Å². The third kappa shape index (κ3) is 4.14. The molecule has 1 aliphatic carbocycles. The monoisotopic (exact) mass is 295 g/mol. The average molecular weight is 296 g/mol. The second-order valence-corrected chi connectivity index (χ2v) is 6.03. The minimum Gasteiger partial charge on any atom is -0.481 e. The number of halogens is 1. The van der Waals surface area contributed by atoms with Gasteiger partial charge in [-0.2, -0.15) is 0 Å². The van der Waals surface area contributed by atoms with Gasteiger partial charge in [0.2, 0.25) is 0 Å². The third-order valence-electron chi connectivity index (χ3n) is 3.92. The molecule has 1 aliphatic rings. The topological polar surface area (TPSA) is 38.3 Å². The van der Waals surface area contributed by atoms with Crippen LogP contribution in [0.25, 0.3) is 0 Å². The number of nitrogens with one attached hydrogen (secondary N) is 1. The van der Waals surface area contributed by atoms with Crippen LogP contribution in [-0.4, -0.2) is 18.1 Å². The SMILES string of the molecule is C[C@@H](Oc1cccc(Cl)c1)C(=O)N[C@@H]1CCCC[C@@H]1C. The molecule has 0 radical (unpaired) electrons. The number of hydrogen-bond donors (Lipinski definition) is 1. The van der Waals surface area contributed by atoms with Crippen molar-refractivity contribution in [3.05, 3.63) is 29.3 Å². The lowest BCUT2D eigenvalue weighted by molar-refractivity contribution is -0.128. The fourth-order valence-electron chi connectivity index (χ4n) is 2.63. The lowest BCUT2D eigenvalue weighted by atomic mass is 9.86. The van der Waals surface area contributed by atoms with Gasteiger partial charge < -0.3 is 10.1 Å². The van der Waals surface area contributed by atoms with Gasteiger partial charge in [0.15, 0.2) is 6.10 Å². The summed E-state index contributed by atoms with van der Waals surface area (Å²) in [6, 6.07) is 7.39. The fraction of sp³-hybridized carbons (Fsp3) is 0.562. The van der Waals surface area contributed by atoms with E-state index in [1.165, 1.54) is 19.3 Å². The van der Waals surface area contributed by atoms with Gasteiger partial charge in [0.05, 0.1) is 0 Å². The maximum absolute atomic E-state index is 12.2. The molecule has 1 amide bonds. The molecule has 3 nitrogen and oxygen atoms in total. The Labute approximate surface area is 125 Å². The first-order chi connectivity index (χ1) is 9.56. The number of carbonyl (C=O) groups excluding carboxylic acids is 1. The summed E-state index contributed by atoms with van der Waals surface area (Å²) < 4.78 is 5.64. The van der Waals surface area contributed by atoms with Crippen molar-refractivity contribution in [2.45, 2.75) is 51.7 Å². The lowest BCUT2D eigenvalue weighted by Gasteiger charge is -2.30. The Balaban J connectivity index is 1.88. The average Bonchev–Trinajstić information content (AvgIpc) is 2.41. The van der Waals surface area contributed by atoms with E-state index >= 15 is 0 Å². The summed E-state index contributed by atoms with van der Waals surface area (Å²) in [7, 11) is 0. The molecule has 1 N–H and O–H groups in total. The Morgan fingerprint density at radius 3 is 2.85 bits per heavy atom. The van der Waals surface area contributed by atoms with E-state index in [1.54, 1.807) is 25.1 Å². The Bertz CT molecular complexity index is 464. The predicted octanol–water partition coefficient (Wildman–Crippen LogP) is 3.80. The van der Waals surface area contributed by atoms with Gasteiger partial charge in [0.25, 0.3) is 5.91 Å². The van der Waals surface area contributed by atoms with E-state index in [0.717, 1.165) is 6.42 Å². The summed E-state index contributed by atoms with van der Waals surface area (Å²) in [5.41, 5.74) is 0. The van der Waals surface area contributed by atoms with Gasteiger partial charge in [-0.25, -0.2) is 0 Å². The maximum atomic E-state index is 12.2. The first-order valence-corrected chi connectivity index (χ1v) is 7.66. The summed E-state index contributed by atoms with van der Waals surface area (Å²) >= 11 is 5.90. The van der Waals surface area contributed by atoms with Crippen LogP contribution < -0.4 is 10.1 Å². The Hall–Kier alpha value is -1.22. The van der Waals surface area contributed by atoms with Crippen LogP contribution in [0.1, 0.15) is 39.5 Å². The number of rotatable bonds is 4. The van der Waals surface area contributed by atoms with Crippen LogP contribution in [0.5, 0.6) is 5.75 Å². The molecule has 0 aliphatic heterocycles. The van der Waals surface area contributed by atoms with E-state index < -0.39 is 6.10 Å². The molecule has 20 heavy (non-hydrogen) atoms. The van der Waals surface area contributed by atoms with Crippen molar-refractivity contribution >= 4 is 17.5 Å². The van der Waals surface area contributed by atoms with Crippen molar-refractivity contribution in [1.29, 1.82) is 0 Å². The molecule has 0 aromatic heterocycles. The Kier molecular flexibility index (Phi) is 5.30. The molecular weight excluding hydrogens is 274 g/mol. The molecular formula is C16H22ClNO2. The Morgan fingerprint density at radius 2 is 2.15 bits per heavy atom. The van der Waals surface area contributed by atoms with Gasteiger partial charge in [-0.1, -0.05) is 37.4 Å². The second kappa shape index (κ2) is 6.98. The highest BCUT2D eigenvalue weighted by molar-refractivity contribution is 6.30. The number of benzene rings is 1. The summed E-state index contributed by atoms with van der Waals surface area (Å²) in [6.45, 7) is 3.97. The highest BCUT2D eigenvalue weighted by Gasteiger charge is 2.25. The molecule has 1 aromatic carbocycles. The zero-order chi connectivity index (χ0) is 14.5. The predicted molar refractivity (Wildman–Crippen MR) is 81.1 cm³/mol. The van der Waals surface area contributed by atoms with E-state index in [1.807, 2.05) is 6.07 Å². The minimum absolute atomic E-state index is 0.0521. The second-order valence-electron chi connectivity index (χ2n) is 5.59. The standard InChI is InChI=1S/C16H22ClNO2/c1-11-6-3-4-9-15(11)18-16(19)12(2)20-14-8-5-7-13(17)10-14/h5,7-8,10-12,15H,3-4,6,9H2,1-2H3,(H,18,19)/t11-,12+,15+/m0/s1. The number of amides is 1. The zero-order valence-electron chi connectivity index (χ0n) is 12.1. The minimum atomic E-state index is -0.511. The maximum Gasteiger partial charge on any atom is 0.261 e. The smallest absolute Gasteiger partial charge is 0.261 e. The van der Waals surface area contributed by atoms with Crippen LogP contribution >= 0.6 is 11.6 Å². The van der Waals surface area contributed by atoms with E-state index in [2.05, 4.69) is 12.2 Å². The molecule has 4 heteroatoms. The van der Waals surface area contributed by atoms with Crippen molar-refractivity contribution in [1.82, 2.24) is 5.32 Å². The molecule has 0 heterocycles. The number of hydrogen-bond acceptors (Lipinski definition) is 2. The van der Waals surface area contributed by atoms with Crippen molar-refractivity contribution in [3.63, 3.8) is 0 Å². The summed E-state index contributed by atoms with van der Waals surface area (Å²) in [4.78, 5) is 12.2. The normalized spacial score (nSPS) is 23.9. The molecule has 0 unspecified atom stereocenters. The quantitative estimate of drug-likeness (QED) is 0.917. The van der Waals surface area contributed by atoms with Gasteiger partial charge in [-0.3, -0.25) is 4.79 Å². The summed E-state index contributed by atoms with van der Waals surface area (Å²) in [6.07, 6.45) is 4.20. The van der Waals surface area contributed by atoms with Crippen molar-refractivity contribution in [3.8, 4) is 5.75 Å². The molecule has 110 valence electrons. The van der Waals surface area contributed by atoms with Crippen LogP contribution in [-0.2, 0) is 4.79 Å². The first-order valence-electron chi connectivity index (χ1n) is 7.29. The van der Waals surface area contributed by atoms with Gasteiger partial charge >= 0.3 is 0 Å². The molecule has 0 bridgehead atoms. The molecule has 1 fully saturated rings. The largest absolute Gasteiger partial charge is 0.481 e. The van der Waals surface area contributed by atoms with E-state index in [0.29, 0.717) is 16.7 Å². The third-order valence-corrected chi connectivity index (χ3v) is 4.15. The summed E-state index contributed by atoms with van der Waals surface area (Å²) in [5, 5.41) is 3.71. The van der Waals surface area contributed by atoms with Crippen LogP contribution in [0.15, 0.2) is 24.3 Å². The van der Waals surface area contributed by atoms with Gasteiger partial charge in [0, 0.05) is 11.1 Å². The molecule has 1 aromatic rings. The Morgan fingerprint density at radius 1 is 1.40 bits per heavy atom. The number of ether oxygens (including phenoxy) is 1.